The molecule has 2 aromatic carbocycles. The summed E-state index contributed by atoms with van der Waals surface area (Å²) in [5.74, 6) is 1.47. The molecule has 7 heteroatoms. The van der Waals surface area contributed by atoms with Crippen LogP contribution in [0.15, 0.2) is 79.0 Å². The quantitative estimate of drug-likeness (QED) is 0.461. The molecule has 1 aliphatic carbocycles. The zero-order valence-corrected chi connectivity index (χ0v) is 20.2. The van der Waals surface area contributed by atoms with E-state index >= 15 is 0 Å². The van der Waals surface area contributed by atoms with Gasteiger partial charge in [0.25, 0.3) is 0 Å². The van der Waals surface area contributed by atoms with Crippen molar-refractivity contribution in [3.63, 3.8) is 0 Å². The zero-order chi connectivity index (χ0) is 24.3. The number of piperazine rings is 1. The third-order valence-electron chi connectivity index (χ3n) is 7.07. The van der Waals surface area contributed by atoms with Crippen molar-refractivity contribution in [2.24, 2.45) is 0 Å². The molecule has 3 aromatic rings. The van der Waals surface area contributed by atoms with E-state index in [1.54, 1.807) is 14.2 Å². The molecular weight excluding hydrogens is 442 g/mol. The van der Waals surface area contributed by atoms with Crippen LogP contribution in [0, 0.1) is 0 Å². The van der Waals surface area contributed by atoms with E-state index in [0.717, 1.165) is 48.9 Å². The number of benzene rings is 2. The van der Waals surface area contributed by atoms with Gasteiger partial charge in [-0.15, -0.1) is 0 Å². The largest absolute Gasteiger partial charge is 0.497 e. The van der Waals surface area contributed by atoms with Gasteiger partial charge >= 0.3 is 5.97 Å². The summed E-state index contributed by atoms with van der Waals surface area (Å²) in [7, 11) is 3.28. The first-order valence-corrected chi connectivity index (χ1v) is 12.0. The molecule has 1 aromatic heterocycles. The van der Waals surface area contributed by atoms with Crippen LogP contribution in [0.5, 0.6) is 5.75 Å². The van der Waals surface area contributed by atoms with Crippen molar-refractivity contribution in [3.8, 4) is 5.75 Å². The summed E-state index contributed by atoms with van der Waals surface area (Å²) >= 11 is 0. The van der Waals surface area contributed by atoms with Gasteiger partial charge in [0.15, 0.2) is 6.23 Å². The Morgan fingerprint density at radius 2 is 1.66 bits per heavy atom. The summed E-state index contributed by atoms with van der Waals surface area (Å²) < 4.78 is 17.3. The average Bonchev–Trinajstić information content (AvgIpc) is 3.69. The van der Waals surface area contributed by atoms with Gasteiger partial charge in [0, 0.05) is 45.0 Å². The van der Waals surface area contributed by atoms with Crippen LogP contribution in [0.2, 0.25) is 0 Å². The lowest BCUT2D eigenvalue weighted by Gasteiger charge is -2.39. The molecule has 35 heavy (non-hydrogen) atoms. The van der Waals surface area contributed by atoms with Crippen molar-refractivity contribution < 1.29 is 19.0 Å². The molecule has 0 N–H and O–H groups in total. The molecular formula is C28H31N3O4. The van der Waals surface area contributed by atoms with E-state index in [-0.39, 0.29) is 12.1 Å². The fourth-order valence-electron chi connectivity index (χ4n) is 4.95. The maximum atomic E-state index is 13.8. The van der Waals surface area contributed by atoms with Gasteiger partial charge in [-0.1, -0.05) is 48.5 Å². The van der Waals surface area contributed by atoms with Crippen LogP contribution in [-0.2, 0) is 19.7 Å². The van der Waals surface area contributed by atoms with E-state index in [4.69, 9.17) is 14.2 Å². The first-order valence-electron chi connectivity index (χ1n) is 12.0. The lowest BCUT2D eigenvalue weighted by Crippen LogP contribution is -2.49. The van der Waals surface area contributed by atoms with Crippen LogP contribution in [0.25, 0.3) is 0 Å². The van der Waals surface area contributed by atoms with Gasteiger partial charge in [0.1, 0.15) is 17.0 Å². The van der Waals surface area contributed by atoms with Crippen molar-refractivity contribution in [2.45, 2.75) is 24.2 Å². The lowest BCUT2D eigenvalue weighted by molar-refractivity contribution is -0.165. The highest BCUT2D eigenvalue weighted by molar-refractivity contribution is 5.88. The van der Waals surface area contributed by atoms with Gasteiger partial charge in [-0.25, -0.2) is 4.98 Å². The first-order chi connectivity index (χ1) is 17.2. The van der Waals surface area contributed by atoms with Crippen molar-refractivity contribution in [1.29, 1.82) is 0 Å². The summed E-state index contributed by atoms with van der Waals surface area (Å²) in [5, 5.41) is 0. The molecule has 0 radical (unpaired) electrons. The number of nitrogens with zero attached hydrogens (tertiary/aromatic N) is 3. The van der Waals surface area contributed by atoms with Gasteiger partial charge in [0.05, 0.1) is 13.2 Å². The Labute approximate surface area is 206 Å². The monoisotopic (exact) mass is 473 g/mol. The minimum absolute atomic E-state index is 0.208. The normalized spacial score (nSPS) is 22.9. The Balaban J connectivity index is 1.36. The molecule has 0 spiro atoms. The highest BCUT2D eigenvalue weighted by Crippen LogP contribution is 2.52. The molecule has 1 saturated carbocycles. The summed E-state index contributed by atoms with van der Waals surface area (Å²) in [4.78, 5) is 22.8. The van der Waals surface area contributed by atoms with Gasteiger partial charge in [0.2, 0.25) is 0 Å². The number of esters is 1. The number of carbonyl (C=O) groups excluding carboxylic acids is 1. The molecule has 3 atom stereocenters. The molecule has 0 amide bonds. The fraction of sp³-hybridized carbons (Fsp3) is 0.357. The summed E-state index contributed by atoms with van der Waals surface area (Å²) in [6.07, 6.45) is 1.74. The lowest BCUT2D eigenvalue weighted by atomic mass is 9.95. The van der Waals surface area contributed by atoms with Crippen LogP contribution >= 0.6 is 0 Å². The molecule has 7 nitrogen and oxygen atoms in total. The Morgan fingerprint density at radius 1 is 0.943 bits per heavy atom. The minimum Gasteiger partial charge on any atom is -0.497 e. The van der Waals surface area contributed by atoms with E-state index in [9.17, 15) is 4.79 Å². The highest BCUT2D eigenvalue weighted by Gasteiger charge is 2.64. The van der Waals surface area contributed by atoms with Crippen LogP contribution in [0.1, 0.15) is 23.8 Å². The van der Waals surface area contributed by atoms with E-state index in [0.29, 0.717) is 6.42 Å². The first kappa shape index (κ1) is 23.3. The number of anilines is 1. The average molecular weight is 474 g/mol. The Bertz CT molecular complexity index is 1120. The van der Waals surface area contributed by atoms with Crippen LogP contribution in [0.3, 0.4) is 0 Å². The second-order valence-corrected chi connectivity index (χ2v) is 9.01. The SMILES string of the molecule is COc1ccc([C@]2(C(=O)OC(c3ccccc3)N3CCN(c4ccccn4)CC3)C[C@H]2OC)cc1. The van der Waals surface area contributed by atoms with E-state index < -0.39 is 11.6 Å². The molecule has 5 rings (SSSR count). The van der Waals surface area contributed by atoms with E-state index in [1.165, 1.54) is 0 Å². The van der Waals surface area contributed by atoms with E-state index in [2.05, 4.69) is 14.8 Å². The summed E-state index contributed by atoms with van der Waals surface area (Å²) in [6.45, 7) is 3.13. The molecule has 182 valence electrons. The molecule has 1 unspecified atom stereocenters. The Kier molecular flexibility index (Phi) is 6.70. The smallest absolute Gasteiger partial charge is 0.321 e. The topological polar surface area (TPSA) is 64.1 Å². The van der Waals surface area contributed by atoms with Gasteiger partial charge in [-0.05, 0) is 36.2 Å². The fourth-order valence-corrected chi connectivity index (χ4v) is 4.95. The molecule has 1 aliphatic heterocycles. The second-order valence-electron chi connectivity index (χ2n) is 9.01. The molecule has 2 aliphatic rings. The minimum atomic E-state index is -0.802. The number of methoxy groups -OCH3 is 2. The number of rotatable bonds is 8. The standard InChI is InChI=1S/C28H31N3O4/c1-33-23-13-11-22(12-14-23)28(20-24(28)34-2)27(32)35-26(21-8-4-3-5-9-21)31-18-16-30(17-19-31)25-10-6-7-15-29-25/h3-15,24,26H,16-20H2,1-2H3/t24-,26?,28-/m1/s1. The van der Waals surface area contributed by atoms with Gasteiger partial charge < -0.3 is 19.1 Å². The third-order valence-corrected chi connectivity index (χ3v) is 7.07. The second kappa shape index (κ2) is 10.1. The molecule has 1 saturated heterocycles. The third kappa shape index (κ3) is 4.61. The summed E-state index contributed by atoms with van der Waals surface area (Å²) in [6, 6.07) is 23.5. The number of carbonyl (C=O) groups is 1. The Hall–Kier alpha value is -3.42. The van der Waals surface area contributed by atoms with Gasteiger partial charge in [-0.3, -0.25) is 9.69 Å². The number of aromatic nitrogens is 1. The van der Waals surface area contributed by atoms with E-state index in [1.807, 2.05) is 79.0 Å². The van der Waals surface area contributed by atoms with Crippen LogP contribution < -0.4 is 9.64 Å². The van der Waals surface area contributed by atoms with Gasteiger partial charge in [-0.2, -0.15) is 0 Å². The maximum Gasteiger partial charge on any atom is 0.321 e. The van der Waals surface area contributed by atoms with Crippen molar-refractivity contribution in [2.75, 3.05) is 45.3 Å². The molecule has 2 fully saturated rings. The number of pyridine rings is 1. The summed E-state index contributed by atoms with van der Waals surface area (Å²) in [5.41, 5.74) is 1.05. The van der Waals surface area contributed by atoms with Crippen LogP contribution in [0.4, 0.5) is 5.82 Å². The molecule has 0 bridgehead atoms. The maximum absolute atomic E-state index is 13.8. The number of hydrogen-bond acceptors (Lipinski definition) is 7. The molecule has 2 heterocycles. The zero-order valence-electron chi connectivity index (χ0n) is 20.2. The predicted octanol–water partition coefficient (Wildman–Crippen LogP) is 3.81. The van der Waals surface area contributed by atoms with Crippen molar-refractivity contribution >= 4 is 11.8 Å². The predicted molar refractivity (Wildman–Crippen MR) is 133 cm³/mol. The Morgan fingerprint density at radius 3 is 2.26 bits per heavy atom. The van der Waals surface area contributed by atoms with Crippen molar-refractivity contribution in [3.05, 3.63) is 90.1 Å². The number of hydrogen-bond donors (Lipinski definition) is 0. The highest BCUT2D eigenvalue weighted by atomic mass is 16.6. The van der Waals surface area contributed by atoms with Crippen molar-refractivity contribution in [1.82, 2.24) is 9.88 Å². The van der Waals surface area contributed by atoms with Crippen LogP contribution in [-0.4, -0.2) is 62.4 Å². The number of ether oxygens (including phenoxy) is 3.